The lowest BCUT2D eigenvalue weighted by Crippen LogP contribution is -2.44. The first-order valence-electron chi connectivity index (χ1n) is 12.9. The molecule has 4 rings (SSSR count). The SMILES string of the molecule is COC(=O)[C@@]1(Cc2ccccc2CN=[N+]=[N-])N=C(c2ccc(OCCCO)cc2)O[C@H]1c1ccccc1CN=[N+]=[N-]. The maximum atomic E-state index is 13.7. The third-order valence-electron chi connectivity index (χ3n) is 6.70. The molecule has 1 aliphatic heterocycles. The Kier molecular flexibility index (Phi) is 9.80. The lowest BCUT2D eigenvalue weighted by molar-refractivity contribution is -0.150. The zero-order valence-corrected chi connectivity index (χ0v) is 22.5. The van der Waals surface area contributed by atoms with Gasteiger partial charge in [0.25, 0.3) is 0 Å². The number of ether oxygens (including phenoxy) is 3. The van der Waals surface area contributed by atoms with E-state index < -0.39 is 17.6 Å². The Morgan fingerprint density at radius 1 is 0.976 bits per heavy atom. The van der Waals surface area contributed by atoms with Crippen LogP contribution in [0.1, 0.15) is 40.3 Å². The molecule has 0 fully saturated rings. The number of azide groups is 2. The summed E-state index contributed by atoms with van der Waals surface area (Å²) < 4.78 is 17.5. The molecule has 3 aromatic carbocycles. The van der Waals surface area contributed by atoms with E-state index in [1.165, 1.54) is 7.11 Å². The average Bonchev–Trinajstić information content (AvgIpc) is 3.39. The van der Waals surface area contributed by atoms with Gasteiger partial charge in [-0.15, -0.1) is 0 Å². The van der Waals surface area contributed by atoms with Crippen LogP contribution >= 0.6 is 0 Å². The van der Waals surface area contributed by atoms with Gasteiger partial charge in [0.15, 0.2) is 6.10 Å². The van der Waals surface area contributed by atoms with Crippen LogP contribution in [0, 0.1) is 0 Å². The molecule has 0 amide bonds. The summed E-state index contributed by atoms with van der Waals surface area (Å²) >= 11 is 0. The van der Waals surface area contributed by atoms with Crippen LogP contribution in [0.15, 0.2) is 88.0 Å². The first kappa shape index (κ1) is 29.0. The van der Waals surface area contributed by atoms with Crippen LogP contribution in [0.3, 0.4) is 0 Å². The number of aliphatic imine (C=N–C) groups is 1. The van der Waals surface area contributed by atoms with E-state index in [0.717, 1.165) is 11.1 Å². The minimum Gasteiger partial charge on any atom is -0.494 e. The number of rotatable bonds is 13. The third-order valence-corrected chi connectivity index (χ3v) is 6.70. The fourth-order valence-electron chi connectivity index (χ4n) is 4.73. The highest BCUT2D eigenvalue weighted by atomic mass is 16.5. The van der Waals surface area contributed by atoms with Crippen LogP contribution in [-0.4, -0.2) is 42.8 Å². The van der Waals surface area contributed by atoms with Crippen molar-refractivity contribution in [1.82, 2.24) is 0 Å². The summed E-state index contributed by atoms with van der Waals surface area (Å²) in [5.41, 5.74) is 19.7. The molecular weight excluding hydrogens is 526 g/mol. The quantitative estimate of drug-likeness (QED) is 0.0928. The van der Waals surface area contributed by atoms with Gasteiger partial charge in [0, 0.05) is 34.8 Å². The fraction of sp³-hybridized carbons (Fsp3) is 0.310. The van der Waals surface area contributed by atoms with E-state index in [1.54, 1.807) is 24.3 Å². The summed E-state index contributed by atoms with van der Waals surface area (Å²) in [6.07, 6.45) is -0.330. The molecule has 0 spiro atoms. The van der Waals surface area contributed by atoms with Crippen LogP contribution in [-0.2, 0) is 33.8 Å². The Balaban J connectivity index is 1.84. The van der Waals surface area contributed by atoms with Crippen LogP contribution in [0.5, 0.6) is 5.75 Å². The van der Waals surface area contributed by atoms with Crippen molar-refractivity contribution in [1.29, 1.82) is 0 Å². The Hall–Kier alpha value is -5.02. The number of hydrogen-bond donors (Lipinski definition) is 1. The normalized spacial score (nSPS) is 17.4. The monoisotopic (exact) mass is 555 g/mol. The first-order chi connectivity index (χ1) is 20.1. The molecule has 1 aliphatic rings. The number of aliphatic hydroxyl groups excluding tert-OH is 1. The maximum Gasteiger partial charge on any atom is 0.338 e. The number of carbonyl (C=O) groups excluding carboxylic acids is 1. The van der Waals surface area contributed by atoms with E-state index in [9.17, 15) is 4.79 Å². The molecule has 0 saturated heterocycles. The van der Waals surface area contributed by atoms with E-state index in [2.05, 4.69) is 20.1 Å². The second kappa shape index (κ2) is 13.9. The molecule has 12 nitrogen and oxygen atoms in total. The van der Waals surface area contributed by atoms with Crippen molar-refractivity contribution in [2.75, 3.05) is 20.3 Å². The smallest absolute Gasteiger partial charge is 0.338 e. The summed E-state index contributed by atoms with van der Waals surface area (Å²) in [6.45, 7) is 0.550. The highest BCUT2D eigenvalue weighted by Crippen LogP contribution is 2.44. The molecule has 0 bridgehead atoms. The van der Waals surface area contributed by atoms with Gasteiger partial charge in [-0.05, 0) is 57.6 Å². The number of benzene rings is 3. The van der Waals surface area contributed by atoms with Gasteiger partial charge in [-0.3, -0.25) is 0 Å². The zero-order chi connectivity index (χ0) is 29.1. The molecule has 0 unspecified atom stereocenters. The van der Waals surface area contributed by atoms with Gasteiger partial charge in [0.1, 0.15) is 5.75 Å². The Labute approximate surface area is 236 Å². The molecule has 0 aliphatic carbocycles. The second-order valence-electron chi connectivity index (χ2n) is 9.20. The summed E-state index contributed by atoms with van der Waals surface area (Å²) in [4.78, 5) is 24.4. The number of aliphatic hydroxyl groups is 1. The lowest BCUT2D eigenvalue weighted by atomic mass is 9.80. The molecule has 0 radical (unpaired) electrons. The molecule has 3 aromatic rings. The van der Waals surface area contributed by atoms with E-state index in [4.69, 9.17) is 35.4 Å². The maximum absolute atomic E-state index is 13.7. The predicted molar refractivity (Wildman–Crippen MR) is 151 cm³/mol. The molecular formula is C29H29N7O5. The number of carbonyl (C=O) groups is 1. The minimum atomic E-state index is -1.56. The van der Waals surface area contributed by atoms with Crippen molar-refractivity contribution in [3.05, 3.63) is 121 Å². The highest BCUT2D eigenvalue weighted by Gasteiger charge is 2.55. The fourth-order valence-corrected chi connectivity index (χ4v) is 4.73. The highest BCUT2D eigenvalue weighted by molar-refractivity contribution is 6.00. The van der Waals surface area contributed by atoms with Gasteiger partial charge in [0.2, 0.25) is 11.4 Å². The lowest BCUT2D eigenvalue weighted by Gasteiger charge is -2.31. The van der Waals surface area contributed by atoms with Crippen LogP contribution in [0.25, 0.3) is 20.9 Å². The van der Waals surface area contributed by atoms with Crippen molar-refractivity contribution in [2.24, 2.45) is 15.2 Å². The summed E-state index contributed by atoms with van der Waals surface area (Å²) in [7, 11) is 1.30. The molecule has 1 heterocycles. The Morgan fingerprint density at radius 2 is 1.61 bits per heavy atom. The van der Waals surface area contributed by atoms with Crippen LogP contribution in [0.2, 0.25) is 0 Å². The van der Waals surface area contributed by atoms with Gasteiger partial charge in [-0.25, -0.2) is 9.79 Å². The Morgan fingerprint density at radius 3 is 2.27 bits per heavy atom. The second-order valence-corrected chi connectivity index (χ2v) is 9.20. The number of methoxy groups -OCH3 is 1. The van der Waals surface area contributed by atoms with Crippen molar-refractivity contribution in [3.63, 3.8) is 0 Å². The number of nitrogens with zero attached hydrogens (tertiary/aromatic N) is 7. The number of hydrogen-bond acceptors (Lipinski definition) is 8. The van der Waals surface area contributed by atoms with Crippen molar-refractivity contribution < 1.29 is 24.1 Å². The van der Waals surface area contributed by atoms with Crippen molar-refractivity contribution >= 4 is 11.9 Å². The summed E-state index contributed by atoms with van der Waals surface area (Å²) in [5.74, 6) is 0.232. The van der Waals surface area contributed by atoms with Gasteiger partial charge in [0.05, 0.1) is 26.8 Å². The van der Waals surface area contributed by atoms with E-state index in [0.29, 0.717) is 35.5 Å². The van der Waals surface area contributed by atoms with Gasteiger partial charge < -0.3 is 19.3 Å². The van der Waals surface area contributed by atoms with E-state index in [1.807, 2.05) is 48.5 Å². The van der Waals surface area contributed by atoms with Crippen molar-refractivity contribution in [3.8, 4) is 5.75 Å². The van der Waals surface area contributed by atoms with E-state index >= 15 is 0 Å². The average molecular weight is 556 g/mol. The minimum absolute atomic E-state index is 0.0346. The molecule has 2 atom stereocenters. The van der Waals surface area contributed by atoms with Gasteiger partial charge >= 0.3 is 5.97 Å². The van der Waals surface area contributed by atoms with Gasteiger partial charge in [-0.2, -0.15) is 0 Å². The standard InChI is InChI=1S/C29H29N7O5/c1-39-28(38)29(17-21-7-2-3-8-22(21)18-32-35-30)26(25-10-5-4-9-23(25)19-33-36-31)41-27(34-29)20-11-13-24(14-12-20)40-16-6-15-37/h2-5,7-14,26,37H,6,15-19H2,1H3/t26-,29-/m0/s1. The van der Waals surface area contributed by atoms with Crippen molar-refractivity contribution in [2.45, 2.75) is 37.6 Å². The molecule has 0 aromatic heterocycles. The third kappa shape index (κ3) is 6.59. The summed E-state index contributed by atoms with van der Waals surface area (Å²) in [5, 5.41) is 16.4. The van der Waals surface area contributed by atoms with Crippen LogP contribution < -0.4 is 4.74 Å². The number of esters is 1. The Bertz CT molecular complexity index is 1500. The van der Waals surface area contributed by atoms with Gasteiger partial charge in [-0.1, -0.05) is 58.8 Å². The molecule has 12 heteroatoms. The molecule has 41 heavy (non-hydrogen) atoms. The van der Waals surface area contributed by atoms with Crippen LogP contribution in [0.4, 0.5) is 0 Å². The molecule has 1 N–H and O–H groups in total. The largest absolute Gasteiger partial charge is 0.494 e. The first-order valence-corrected chi connectivity index (χ1v) is 12.9. The molecule has 0 saturated carbocycles. The van der Waals surface area contributed by atoms with E-state index in [-0.39, 0.29) is 32.0 Å². The summed E-state index contributed by atoms with van der Waals surface area (Å²) in [6, 6.07) is 21.7. The zero-order valence-electron chi connectivity index (χ0n) is 22.5. The predicted octanol–water partition coefficient (Wildman–Crippen LogP) is 5.74. The molecule has 210 valence electrons. The topological polar surface area (TPSA) is 175 Å².